The van der Waals surface area contributed by atoms with Crippen molar-refractivity contribution in [3.63, 3.8) is 0 Å². The predicted octanol–water partition coefficient (Wildman–Crippen LogP) is 2.87. The summed E-state index contributed by atoms with van der Waals surface area (Å²) in [6, 6.07) is 4.44. The molecule has 0 amide bonds. The van der Waals surface area contributed by atoms with Crippen molar-refractivity contribution >= 4 is 11.6 Å². The number of hydrogen-bond donors (Lipinski definition) is 2. The van der Waals surface area contributed by atoms with Crippen LogP contribution < -0.4 is 5.32 Å². The van der Waals surface area contributed by atoms with Gasteiger partial charge in [-0.2, -0.15) is 0 Å². The summed E-state index contributed by atoms with van der Waals surface area (Å²) in [5, 5.41) is 13.6. The van der Waals surface area contributed by atoms with Crippen LogP contribution in [0.15, 0.2) is 18.2 Å². The van der Waals surface area contributed by atoms with Crippen LogP contribution in [0.2, 0.25) is 5.02 Å². The molecule has 1 aromatic rings. The van der Waals surface area contributed by atoms with E-state index >= 15 is 0 Å². The highest BCUT2D eigenvalue weighted by atomic mass is 35.5. The number of nitrogens with one attached hydrogen (secondary N) is 1. The van der Waals surface area contributed by atoms with Gasteiger partial charge in [0.1, 0.15) is 5.82 Å². The van der Waals surface area contributed by atoms with Crippen molar-refractivity contribution < 1.29 is 9.50 Å². The van der Waals surface area contributed by atoms with Gasteiger partial charge in [-0.1, -0.05) is 24.4 Å². The quantitative estimate of drug-likeness (QED) is 0.873. The Morgan fingerprint density at radius 1 is 1.35 bits per heavy atom. The molecule has 0 radical (unpaired) electrons. The molecule has 1 fully saturated rings. The molecule has 17 heavy (non-hydrogen) atoms. The lowest BCUT2D eigenvalue weighted by Gasteiger charge is -2.28. The first kappa shape index (κ1) is 12.8. The van der Waals surface area contributed by atoms with Crippen molar-refractivity contribution in [2.24, 2.45) is 0 Å². The van der Waals surface area contributed by atoms with Crippen LogP contribution in [0.4, 0.5) is 4.39 Å². The Morgan fingerprint density at radius 2 is 2.12 bits per heavy atom. The van der Waals surface area contributed by atoms with Crippen molar-refractivity contribution in [3.05, 3.63) is 34.6 Å². The Bertz CT molecular complexity index is 386. The van der Waals surface area contributed by atoms with Crippen LogP contribution in [-0.2, 0) is 6.54 Å². The van der Waals surface area contributed by atoms with Crippen molar-refractivity contribution in [2.75, 3.05) is 0 Å². The molecule has 1 aromatic carbocycles. The summed E-state index contributed by atoms with van der Waals surface area (Å²) >= 11 is 5.98. The van der Waals surface area contributed by atoms with E-state index in [2.05, 4.69) is 5.32 Å². The smallest absolute Gasteiger partial charge is 0.123 e. The zero-order valence-corrected chi connectivity index (χ0v) is 10.4. The van der Waals surface area contributed by atoms with Crippen LogP contribution in [0.5, 0.6) is 0 Å². The molecule has 0 heterocycles. The average molecular weight is 258 g/mol. The largest absolute Gasteiger partial charge is 0.392 e. The maximum Gasteiger partial charge on any atom is 0.123 e. The number of hydrogen-bond acceptors (Lipinski definition) is 2. The second-order valence-electron chi connectivity index (χ2n) is 4.57. The van der Waals surface area contributed by atoms with E-state index in [1.54, 1.807) is 6.07 Å². The van der Waals surface area contributed by atoms with Gasteiger partial charge < -0.3 is 10.4 Å². The monoisotopic (exact) mass is 257 g/mol. The molecule has 1 aliphatic rings. The molecule has 0 aromatic heterocycles. The van der Waals surface area contributed by atoms with E-state index in [4.69, 9.17) is 11.6 Å². The van der Waals surface area contributed by atoms with Crippen LogP contribution in [0, 0.1) is 5.82 Å². The predicted molar refractivity (Wildman–Crippen MR) is 66.5 cm³/mol. The summed E-state index contributed by atoms with van der Waals surface area (Å²) in [6.07, 6.45) is 3.73. The standard InChI is InChI=1S/C13H17ClFNO/c14-11-6-5-10(15)7-9(11)8-16-12-3-1-2-4-13(12)17/h5-7,12-13,16-17H,1-4,8H2. The maximum atomic E-state index is 13.1. The van der Waals surface area contributed by atoms with Gasteiger partial charge in [-0.05, 0) is 36.6 Å². The minimum Gasteiger partial charge on any atom is -0.392 e. The van der Waals surface area contributed by atoms with Gasteiger partial charge in [-0.15, -0.1) is 0 Å². The van der Waals surface area contributed by atoms with Crippen LogP contribution in [-0.4, -0.2) is 17.3 Å². The third-order valence-corrected chi connectivity index (χ3v) is 3.66. The highest BCUT2D eigenvalue weighted by Gasteiger charge is 2.22. The second-order valence-corrected chi connectivity index (χ2v) is 4.98. The molecule has 2 nitrogen and oxygen atoms in total. The first-order chi connectivity index (χ1) is 8.16. The zero-order valence-electron chi connectivity index (χ0n) is 9.63. The molecular formula is C13H17ClFNO. The number of rotatable bonds is 3. The summed E-state index contributed by atoms with van der Waals surface area (Å²) in [6.45, 7) is 0.498. The Kier molecular flexibility index (Phi) is 4.37. The number of halogens is 2. The number of benzene rings is 1. The number of aliphatic hydroxyl groups is 1. The van der Waals surface area contributed by atoms with Gasteiger partial charge in [0.15, 0.2) is 0 Å². The molecule has 1 aliphatic carbocycles. The van der Waals surface area contributed by atoms with Gasteiger partial charge in [0.2, 0.25) is 0 Å². The summed E-state index contributed by atoms with van der Waals surface area (Å²) in [5.74, 6) is -0.282. The summed E-state index contributed by atoms with van der Waals surface area (Å²) < 4.78 is 13.1. The minimum atomic E-state index is -0.295. The van der Waals surface area contributed by atoms with E-state index in [1.807, 2.05) is 0 Å². The Hall–Kier alpha value is -0.640. The fraction of sp³-hybridized carbons (Fsp3) is 0.538. The molecule has 1 saturated carbocycles. The van der Waals surface area contributed by atoms with Gasteiger partial charge in [0.25, 0.3) is 0 Å². The summed E-state index contributed by atoms with van der Waals surface area (Å²) in [7, 11) is 0. The molecule has 0 saturated heterocycles. The third-order valence-electron chi connectivity index (χ3n) is 3.29. The Morgan fingerprint density at radius 3 is 2.88 bits per heavy atom. The molecule has 0 bridgehead atoms. The number of aliphatic hydroxyl groups excluding tert-OH is 1. The van der Waals surface area contributed by atoms with E-state index < -0.39 is 0 Å². The van der Waals surface area contributed by atoms with E-state index in [9.17, 15) is 9.50 Å². The van der Waals surface area contributed by atoms with E-state index in [0.29, 0.717) is 11.6 Å². The van der Waals surface area contributed by atoms with Crippen LogP contribution in [0.25, 0.3) is 0 Å². The second kappa shape index (κ2) is 5.80. The molecular weight excluding hydrogens is 241 g/mol. The third kappa shape index (κ3) is 3.41. The maximum absolute atomic E-state index is 13.1. The van der Waals surface area contributed by atoms with Gasteiger partial charge in [-0.3, -0.25) is 0 Å². The lowest BCUT2D eigenvalue weighted by Crippen LogP contribution is -2.41. The first-order valence-electron chi connectivity index (χ1n) is 6.02. The molecule has 2 unspecified atom stereocenters. The first-order valence-corrected chi connectivity index (χ1v) is 6.40. The highest BCUT2D eigenvalue weighted by molar-refractivity contribution is 6.31. The van der Waals surface area contributed by atoms with Crippen molar-refractivity contribution in [3.8, 4) is 0 Å². The molecule has 94 valence electrons. The molecule has 0 aliphatic heterocycles. The molecule has 0 spiro atoms. The minimum absolute atomic E-state index is 0.100. The fourth-order valence-electron chi connectivity index (χ4n) is 2.27. The van der Waals surface area contributed by atoms with Crippen LogP contribution >= 0.6 is 11.6 Å². The fourth-order valence-corrected chi connectivity index (χ4v) is 2.45. The van der Waals surface area contributed by atoms with Crippen molar-refractivity contribution in [1.82, 2.24) is 5.32 Å². The summed E-state index contributed by atoms with van der Waals surface area (Å²) in [4.78, 5) is 0. The van der Waals surface area contributed by atoms with Gasteiger partial charge in [-0.25, -0.2) is 4.39 Å². The Labute approximate surface area is 106 Å². The molecule has 2 atom stereocenters. The van der Waals surface area contributed by atoms with Gasteiger partial charge in [0.05, 0.1) is 6.10 Å². The van der Waals surface area contributed by atoms with Crippen molar-refractivity contribution in [2.45, 2.75) is 44.4 Å². The van der Waals surface area contributed by atoms with E-state index in [1.165, 1.54) is 12.1 Å². The Balaban J connectivity index is 1.94. The average Bonchev–Trinajstić information content (AvgIpc) is 2.32. The van der Waals surface area contributed by atoms with E-state index in [0.717, 1.165) is 31.2 Å². The lowest BCUT2D eigenvalue weighted by atomic mass is 9.92. The van der Waals surface area contributed by atoms with Gasteiger partial charge in [0, 0.05) is 17.6 Å². The SMILES string of the molecule is OC1CCCCC1NCc1cc(F)ccc1Cl. The summed E-state index contributed by atoms with van der Waals surface area (Å²) in [5.41, 5.74) is 0.740. The topological polar surface area (TPSA) is 32.3 Å². The normalized spacial score (nSPS) is 24.9. The van der Waals surface area contributed by atoms with Crippen LogP contribution in [0.1, 0.15) is 31.2 Å². The highest BCUT2D eigenvalue weighted by Crippen LogP contribution is 2.21. The lowest BCUT2D eigenvalue weighted by molar-refractivity contribution is 0.0902. The van der Waals surface area contributed by atoms with Crippen molar-refractivity contribution in [1.29, 1.82) is 0 Å². The molecule has 2 N–H and O–H groups in total. The molecule has 4 heteroatoms. The van der Waals surface area contributed by atoms with Gasteiger partial charge >= 0.3 is 0 Å². The van der Waals surface area contributed by atoms with E-state index in [-0.39, 0.29) is 18.0 Å². The van der Waals surface area contributed by atoms with Crippen LogP contribution in [0.3, 0.4) is 0 Å². The zero-order chi connectivity index (χ0) is 12.3. The molecule has 2 rings (SSSR count).